The van der Waals surface area contributed by atoms with Crippen LogP contribution in [0.25, 0.3) is 0 Å². The summed E-state index contributed by atoms with van der Waals surface area (Å²) in [6.07, 6.45) is -0.710. The predicted octanol–water partition coefficient (Wildman–Crippen LogP) is 5.60. The van der Waals surface area contributed by atoms with E-state index in [4.69, 9.17) is 9.47 Å². The molecule has 0 spiro atoms. The standard InChI is InChI=1S/C30H43N3O5/c1-21-14-15-24(18-22(21)2)33(31-20-29(3,4)5)26(34)17-16-25(32-28(36)38-30(6,7)8)27(35)37-19-23-12-10-9-11-13-23/h9-15,18,25,31H,16-17,19-20H2,1-8H3,(H,32,36). The topological polar surface area (TPSA) is 97.0 Å². The highest BCUT2D eigenvalue weighted by Crippen LogP contribution is 2.21. The van der Waals surface area contributed by atoms with Crippen molar-refractivity contribution in [1.82, 2.24) is 10.7 Å². The van der Waals surface area contributed by atoms with E-state index in [1.54, 1.807) is 20.8 Å². The maximum Gasteiger partial charge on any atom is 0.408 e. The number of hydrogen-bond acceptors (Lipinski definition) is 6. The third-order valence-electron chi connectivity index (χ3n) is 5.61. The van der Waals surface area contributed by atoms with Crippen LogP contribution >= 0.6 is 0 Å². The Morgan fingerprint density at radius 3 is 2.16 bits per heavy atom. The van der Waals surface area contributed by atoms with Crippen LogP contribution in [-0.4, -0.2) is 36.2 Å². The number of amides is 2. The average Bonchev–Trinajstić information content (AvgIpc) is 2.81. The van der Waals surface area contributed by atoms with Gasteiger partial charge in [0.05, 0.1) is 5.69 Å². The lowest BCUT2D eigenvalue weighted by Crippen LogP contribution is -2.48. The van der Waals surface area contributed by atoms with Crippen LogP contribution in [0.1, 0.15) is 71.1 Å². The number of nitrogens with zero attached hydrogens (tertiary/aromatic N) is 1. The number of carbonyl (C=O) groups excluding carboxylic acids is 3. The van der Waals surface area contributed by atoms with Crippen molar-refractivity contribution in [1.29, 1.82) is 0 Å². The number of rotatable bonds is 10. The number of ether oxygens (including phenoxy) is 2. The van der Waals surface area contributed by atoms with Crippen LogP contribution in [0, 0.1) is 19.3 Å². The average molecular weight is 526 g/mol. The van der Waals surface area contributed by atoms with E-state index < -0.39 is 23.7 Å². The molecule has 38 heavy (non-hydrogen) atoms. The van der Waals surface area contributed by atoms with Crippen LogP contribution in [0.5, 0.6) is 0 Å². The van der Waals surface area contributed by atoms with E-state index in [0.29, 0.717) is 12.2 Å². The van der Waals surface area contributed by atoms with E-state index in [9.17, 15) is 14.4 Å². The Balaban J connectivity index is 2.18. The van der Waals surface area contributed by atoms with Gasteiger partial charge in [-0.15, -0.1) is 0 Å². The van der Waals surface area contributed by atoms with Gasteiger partial charge in [0, 0.05) is 13.0 Å². The van der Waals surface area contributed by atoms with Crippen molar-refractivity contribution in [2.45, 2.75) is 86.5 Å². The van der Waals surface area contributed by atoms with Crippen LogP contribution in [-0.2, 0) is 25.7 Å². The van der Waals surface area contributed by atoms with Crippen LogP contribution in [0.2, 0.25) is 0 Å². The van der Waals surface area contributed by atoms with E-state index >= 15 is 0 Å². The van der Waals surface area contributed by atoms with Crippen LogP contribution in [0.4, 0.5) is 10.5 Å². The minimum Gasteiger partial charge on any atom is -0.459 e. The molecule has 8 nitrogen and oxygen atoms in total. The number of benzene rings is 2. The number of nitrogens with one attached hydrogen (secondary N) is 2. The van der Waals surface area contributed by atoms with E-state index in [1.807, 2.05) is 62.4 Å². The number of alkyl carbamates (subject to hydrolysis) is 1. The highest BCUT2D eigenvalue weighted by atomic mass is 16.6. The molecule has 208 valence electrons. The van der Waals surface area contributed by atoms with Gasteiger partial charge < -0.3 is 14.8 Å². The van der Waals surface area contributed by atoms with Crippen molar-refractivity contribution in [3.8, 4) is 0 Å². The van der Waals surface area contributed by atoms with Crippen molar-refractivity contribution in [3.05, 3.63) is 65.2 Å². The van der Waals surface area contributed by atoms with Crippen LogP contribution in [0.15, 0.2) is 48.5 Å². The molecular weight excluding hydrogens is 482 g/mol. The number of carbonyl (C=O) groups is 3. The van der Waals surface area contributed by atoms with Crippen LogP contribution in [0.3, 0.4) is 0 Å². The minimum atomic E-state index is -1.05. The second kappa shape index (κ2) is 13.4. The molecule has 2 aromatic carbocycles. The molecule has 0 saturated heterocycles. The normalized spacial score (nSPS) is 12.4. The fourth-order valence-electron chi connectivity index (χ4n) is 3.41. The fraction of sp³-hybridized carbons (Fsp3) is 0.500. The van der Waals surface area contributed by atoms with Crippen LogP contribution < -0.4 is 15.8 Å². The molecule has 0 aliphatic heterocycles. The molecule has 1 unspecified atom stereocenters. The summed E-state index contributed by atoms with van der Waals surface area (Å²) in [5.74, 6) is -0.864. The zero-order valence-corrected chi connectivity index (χ0v) is 24.0. The SMILES string of the molecule is Cc1ccc(N(NCC(C)(C)C)C(=O)CCC(NC(=O)OC(C)(C)C)C(=O)OCc2ccccc2)cc1C. The number of esters is 1. The Bertz CT molecular complexity index is 1090. The number of hydrogen-bond donors (Lipinski definition) is 2. The summed E-state index contributed by atoms with van der Waals surface area (Å²) in [5.41, 5.74) is 6.16. The van der Waals surface area contributed by atoms with E-state index in [0.717, 1.165) is 16.7 Å². The Labute approximate surface area is 227 Å². The molecule has 0 fully saturated rings. The maximum atomic E-state index is 13.4. The summed E-state index contributed by atoms with van der Waals surface area (Å²) in [7, 11) is 0. The van der Waals surface area contributed by atoms with Crippen molar-refractivity contribution < 1.29 is 23.9 Å². The first kappa shape index (κ1) is 30.8. The minimum absolute atomic E-state index is 0.00896. The molecule has 0 aromatic heterocycles. The van der Waals surface area contributed by atoms with Gasteiger partial charge in [-0.3, -0.25) is 4.79 Å². The third-order valence-corrected chi connectivity index (χ3v) is 5.61. The molecular formula is C30H43N3O5. The molecule has 0 aliphatic rings. The summed E-state index contributed by atoms with van der Waals surface area (Å²) in [6, 6.07) is 14.0. The van der Waals surface area contributed by atoms with Gasteiger partial charge in [-0.05, 0) is 75.3 Å². The second-order valence-electron chi connectivity index (χ2n) is 11.7. The first-order valence-electron chi connectivity index (χ1n) is 13.0. The quantitative estimate of drug-likeness (QED) is 0.309. The lowest BCUT2D eigenvalue weighted by Gasteiger charge is -2.29. The maximum absolute atomic E-state index is 13.4. The number of aryl methyl sites for hydroxylation is 2. The first-order valence-corrected chi connectivity index (χ1v) is 13.0. The summed E-state index contributed by atoms with van der Waals surface area (Å²) in [4.78, 5) is 38.9. The molecule has 0 saturated carbocycles. The van der Waals surface area contributed by atoms with Crippen molar-refractivity contribution in [2.75, 3.05) is 11.6 Å². The van der Waals surface area contributed by atoms with Gasteiger partial charge in [-0.2, -0.15) is 0 Å². The van der Waals surface area contributed by atoms with Gasteiger partial charge in [-0.25, -0.2) is 20.0 Å². The van der Waals surface area contributed by atoms with Crippen molar-refractivity contribution in [2.24, 2.45) is 5.41 Å². The Morgan fingerprint density at radius 1 is 0.921 bits per heavy atom. The number of anilines is 1. The van der Waals surface area contributed by atoms with E-state index in [1.165, 1.54) is 5.01 Å². The van der Waals surface area contributed by atoms with E-state index in [-0.39, 0.29) is 30.8 Å². The Morgan fingerprint density at radius 2 is 1.58 bits per heavy atom. The molecule has 0 aliphatic carbocycles. The van der Waals surface area contributed by atoms with E-state index in [2.05, 4.69) is 31.5 Å². The van der Waals surface area contributed by atoms with Gasteiger partial charge in [0.2, 0.25) is 5.91 Å². The summed E-state index contributed by atoms with van der Waals surface area (Å²) >= 11 is 0. The lowest BCUT2D eigenvalue weighted by atomic mass is 9.97. The Kier molecular flexibility index (Phi) is 10.9. The smallest absolute Gasteiger partial charge is 0.408 e. The second-order valence-corrected chi connectivity index (χ2v) is 11.7. The fourth-order valence-corrected chi connectivity index (χ4v) is 3.41. The zero-order chi connectivity index (χ0) is 28.5. The molecule has 2 N–H and O–H groups in total. The van der Waals surface area contributed by atoms with Gasteiger partial charge in [0.15, 0.2) is 0 Å². The third kappa shape index (κ3) is 10.9. The highest BCUT2D eigenvalue weighted by Gasteiger charge is 2.28. The molecule has 8 heteroatoms. The molecule has 2 rings (SSSR count). The highest BCUT2D eigenvalue weighted by molar-refractivity contribution is 5.93. The molecule has 2 aromatic rings. The van der Waals surface area contributed by atoms with Crippen molar-refractivity contribution in [3.63, 3.8) is 0 Å². The monoisotopic (exact) mass is 525 g/mol. The largest absolute Gasteiger partial charge is 0.459 e. The lowest BCUT2D eigenvalue weighted by molar-refractivity contribution is -0.147. The molecule has 1 atom stereocenters. The molecule has 0 heterocycles. The van der Waals surface area contributed by atoms with Gasteiger partial charge >= 0.3 is 12.1 Å². The van der Waals surface area contributed by atoms with Gasteiger partial charge in [0.1, 0.15) is 18.2 Å². The summed E-state index contributed by atoms with van der Waals surface area (Å²) < 4.78 is 10.8. The predicted molar refractivity (Wildman–Crippen MR) is 149 cm³/mol. The van der Waals surface area contributed by atoms with Gasteiger partial charge in [-0.1, -0.05) is 57.2 Å². The zero-order valence-electron chi connectivity index (χ0n) is 24.0. The summed E-state index contributed by atoms with van der Waals surface area (Å²) in [6.45, 7) is 16.1. The van der Waals surface area contributed by atoms with Gasteiger partial charge in [0.25, 0.3) is 0 Å². The molecule has 0 radical (unpaired) electrons. The Hall–Kier alpha value is -3.39. The summed E-state index contributed by atoms with van der Waals surface area (Å²) in [5, 5.41) is 4.11. The molecule has 0 bridgehead atoms. The first-order chi connectivity index (χ1) is 17.6. The molecule has 2 amide bonds. The van der Waals surface area contributed by atoms with Crippen molar-refractivity contribution >= 4 is 23.7 Å². The number of hydrazine groups is 1.